The van der Waals surface area contributed by atoms with E-state index in [1.807, 2.05) is 0 Å². The van der Waals surface area contributed by atoms with E-state index < -0.39 is 36.7 Å². The average molecular weight is 335 g/mol. The number of hydrogen-bond donors (Lipinski definition) is 4. The van der Waals surface area contributed by atoms with E-state index >= 15 is 0 Å². The first kappa shape index (κ1) is 15.0. The molecule has 0 spiro atoms. The van der Waals surface area contributed by atoms with Crippen molar-refractivity contribution in [3.05, 3.63) is 28.6 Å². The highest BCUT2D eigenvalue weighted by atomic mass is 16.6. The molecule has 11 heteroatoms. The average Bonchev–Trinajstić information content (AvgIpc) is 3.25. The van der Waals surface area contributed by atoms with Crippen LogP contribution in [0, 0.1) is 0 Å². The molecule has 0 unspecified atom stereocenters. The number of nitrogens with zero attached hydrogens (tertiary/aromatic N) is 4. The topological polar surface area (TPSA) is 155 Å². The number of aldehydes is 1. The number of carbonyl (C=O) groups excluding carboxylic acids is 1. The molecule has 1 aliphatic heterocycles. The first-order valence-electron chi connectivity index (χ1n) is 7.10. The van der Waals surface area contributed by atoms with Gasteiger partial charge in [0.1, 0.15) is 29.7 Å². The molecule has 1 aliphatic rings. The van der Waals surface area contributed by atoms with Gasteiger partial charge in [0.25, 0.3) is 5.56 Å². The molecule has 4 N–H and O–H groups in total. The van der Waals surface area contributed by atoms with Crippen LogP contribution in [0.1, 0.15) is 16.7 Å². The minimum Gasteiger partial charge on any atom is -0.394 e. The Hall–Kier alpha value is -2.60. The second-order valence-electron chi connectivity index (χ2n) is 5.47. The van der Waals surface area contributed by atoms with Crippen molar-refractivity contribution < 1.29 is 24.9 Å². The van der Waals surface area contributed by atoms with Gasteiger partial charge in [-0.05, 0) is 0 Å². The summed E-state index contributed by atoms with van der Waals surface area (Å²) in [6, 6.07) is 0. The minimum atomic E-state index is -1.32. The largest absolute Gasteiger partial charge is 0.394 e. The Morgan fingerprint density at radius 2 is 2.12 bits per heavy atom. The standard InChI is InChI=1S/C13H13N5O6/c19-2-5-1-14-13-16-10-7(11(23)18(5)13)15-4-17(10)12-9(22)8(21)6(3-20)24-12/h1-2,4,6,8-9,12,20-22H,3H2,(H,14,16)/t6-,8-,9-,12-/m1/s1. The first-order chi connectivity index (χ1) is 11.6. The highest BCUT2D eigenvalue weighted by Crippen LogP contribution is 2.30. The monoisotopic (exact) mass is 335 g/mol. The van der Waals surface area contributed by atoms with Gasteiger partial charge in [0.05, 0.1) is 19.1 Å². The number of H-pyrrole nitrogens is 1. The summed E-state index contributed by atoms with van der Waals surface area (Å²) in [5.74, 6) is 0.128. The van der Waals surface area contributed by atoms with E-state index in [0.717, 1.165) is 4.40 Å². The van der Waals surface area contributed by atoms with Gasteiger partial charge in [-0.25, -0.2) is 14.4 Å². The predicted molar refractivity (Wildman–Crippen MR) is 77.5 cm³/mol. The van der Waals surface area contributed by atoms with Crippen LogP contribution >= 0.6 is 0 Å². The highest BCUT2D eigenvalue weighted by Gasteiger charge is 2.44. The number of ether oxygens (including phenoxy) is 1. The van der Waals surface area contributed by atoms with Gasteiger partial charge in [0.15, 0.2) is 18.0 Å². The lowest BCUT2D eigenvalue weighted by Crippen LogP contribution is -2.33. The molecule has 11 nitrogen and oxygen atoms in total. The molecule has 0 aromatic carbocycles. The van der Waals surface area contributed by atoms with Crippen LogP contribution in [0.2, 0.25) is 0 Å². The zero-order valence-corrected chi connectivity index (χ0v) is 12.1. The Morgan fingerprint density at radius 1 is 1.33 bits per heavy atom. The zero-order chi connectivity index (χ0) is 17.0. The molecule has 0 saturated carbocycles. The number of aliphatic hydroxyl groups excluding tert-OH is 3. The van der Waals surface area contributed by atoms with Gasteiger partial charge in [0, 0.05) is 0 Å². The van der Waals surface area contributed by atoms with Gasteiger partial charge in [-0.3, -0.25) is 14.2 Å². The summed E-state index contributed by atoms with van der Waals surface area (Å²) < 4.78 is 7.86. The molecule has 1 saturated heterocycles. The van der Waals surface area contributed by atoms with Gasteiger partial charge < -0.3 is 25.0 Å². The van der Waals surface area contributed by atoms with Crippen LogP contribution < -0.4 is 5.56 Å². The van der Waals surface area contributed by atoms with Gasteiger partial charge in [0.2, 0.25) is 5.78 Å². The molecule has 4 rings (SSSR count). The molecule has 4 heterocycles. The smallest absolute Gasteiger partial charge is 0.287 e. The summed E-state index contributed by atoms with van der Waals surface area (Å²) in [5.41, 5.74) is -0.244. The quantitative estimate of drug-likeness (QED) is 0.393. The van der Waals surface area contributed by atoms with Gasteiger partial charge in [-0.15, -0.1) is 0 Å². The third-order valence-corrected chi connectivity index (χ3v) is 4.13. The molecule has 3 aromatic rings. The van der Waals surface area contributed by atoms with Crippen LogP contribution in [0.15, 0.2) is 17.3 Å². The number of fused-ring (bicyclic) bond motifs is 2. The Bertz CT molecular complexity index is 990. The van der Waals surface area contributed by atoms with E-state index in [1.165, 1.54) is 17.1 Å². The van der Waals surface area contributed by atoms with Gasteiger partial charge in [-0.1, -0.05) is 0 Å². The van der Waals surface area contributed by atoms with Crippen molar-refractivity contribution in [2.45, 2.75) is 24.5 Å². The van der Waals surface area contributed by atoms with E-state index in [0.29, 0.717) is 6.29 Å². The van der Waals surface area contributed by atoms with E-state index in [1.54, 1.807) is 0 Å². The number of aliphatic hydroxyl groups is 3. The number of imidazole rings is 2. The summed E-state index contributed by atoms with van der Waals surface area (Å²) in [7, 11) is 0. The van der Waals surface area contributed by atoms with Gasteiger partial charge >= 0.3 is 0 Å². The van der Waals surface area contributed by atoms with E-state index in [9.17, 15) is 24.9 Å². The van der Waals surface area contributed by atoms with Crippen molar-refractivity contribution in [3.8, 4) is 0 Å². The van der Waals surface area contributed by atoms with Crippen LogP contribution in [0.25, 0.3) is 16.9 Å². The second-order valence-corrected chi connectivity index (χ2v) is 5.47. The first-order valence-corrected chi connectivity index (χ1v) is 7.10. The molecule has 1 fully saturated rings. The minimum absolute atomic E-state index is 0.0151. The molecular formula is C13H13N5O6. The molecule has 126 valence electrons. The van der Waals surface area contributed by atoms with Crippen molar-refractivity contribution in [3.63, 3.8) is 0 Å². The SMILES string of the molecule is O=Cc1cnc2[nH]c3c(ncn3[C@@H]3O[C@H](CO)[C@@H](O)[C@H]3O)c(=O)n12. The lowest BCUT2D eigenvalue weighted by atomic mass is 10.1. The normalized spacial score (nSPS) is 27.3. The Labute approximate surface area is 132 Å². The van der Waals surface area contributed by atoms with Crippen LogP contribution in [-0.2, 0) is 4.74 Å². The summed E-state index contributed by atoms with van der Waals surface area (Å²) in [6.07, 6.45) is -1.57. The lowest BCUT2D eigenvalue weighted by molar-refractivity contribution is -0.0511. The number of nitrogens with one attached hydrogen (secondary N) is 1. The van der Waals surface area contributed by atoms with Crippen molar-refractivity contribution in [2.24, 2.45) is 0 Å². The maximum Gasteiger partial charge on any atom is 0.287 e. The third-order valence-electron chi connectivity index (χ3n) is 4.13. The van der Waals surface area contributed by atoms with Crippen molar-refractivity contribution >= 4 is 23.2 Å². The number of aromatic nitrogens is 5. The summed E-state index contributed by atoms with van der Waals surface area (Å²) >= 11 is 0. The maximum absolute atomic E-state index is 12.5. The number of aromatic amines is 1. The van der Waals surface area contributed by atoms with Gasteiger partial charge in [-0.2, -0.15) is 0 Å². The van der Waals surface area contributed by atoms with E-state index in [2.05, 4.69) is 15.0 Å². The summed E-state index contributed by atoms with van der Waals surface area (Å²) in [5, 5.41) is 29.2. The zero-order valence-electron chi connectivity index (χ0n) is 12.1. The lowest BCUT2D eigenvalue weighted by Gasteiger charge is -2.16. The predicted octanol–water partition coefficient (Wildman–Crippen LogP) is -2.20. The van der Waals surface area contributed by atoms with E-state index in [-0.39, 0.29) is 22.6 Å². The highest BCUT2D eigenvalue weighted by molar-refractivity contribution is 5.77. The van der Waals surface area contributed by atoms with Crippen molar-refractivity contribution in [1.29, 1.82) is 0 Å². The summed E-state index contributed by atoms with van der Waals surface area (Å²) in [4.78, 5) is 34.3. The number of hydrogen-bond acceptors (Lipinski definition) is 8. The van der Waals surface area contributed by atoms with Crippen molar-refractivity contribution in [2.75, 3.05) is 6.61 Å². The Kier molecular flexibility index (Phi) is 3.25. The Morgan fingerprint density at radius 3 is 2.79 bits per heavy atom. The Balaban J connectivity index is 1.91. The summed E-state index contributed by atoms with van der Waals surface area (Å²) in [6.45, 7) is -0.467. The van der Waals surface area contributed by atoms with Crippen LogP contribution in [-0.4, -0.2) is 70.4 Å². The maximum atomic E-state index is 12.5. The molecule has 4 atom stereocenters. The van der Waals surface area contributed by atoms with E-state index in [4.69, 9.17) is 4.74 Å². The molecule has 24 heavy (non-hydrogen) atoms. The molecule has 3 aromatic heterocycles. The molecule has 0 aliphatic carbocycles. The third kappa shape index (κ3) is 1.86. The molecule has 0 amide bonds. The molecular weight excluding hydrogens is 322 g/mol. The van der Waals surface area contributed by atoms with Crippen molar-refractivity contribution in [1.82, 2.24) is 23.9 Å². The van der Waals surface area contributed by atoms with Crippen LogP contribution in [0.4, 0.5) is 0 Å². The second kappa shape index (κ2) is 5.21. The molecule has 0 bridgehead atoms. The number of rotatable bonds is 3. The fourth-order valence-electron chi connectivity index (χ4n) is 2.91. The fourth-order valence-corrected chi connectivity index (χ4v) is 2.91. The fraction of sp³-hybridized carbons (Fsp3) is 0.385. The van der Waals surface area contributed by atoms with Crippen LogP contribution in [0.3, 0.4) is 0 Å². The van der Waals surface area contributed by atoms with Crippen LogP contribution in [0.5, 0.6) is 0 Å². The number of carbonyl (C=O) groups is 1. The molecule has 0 radical (unpaired) electrons.